The first kappa shape index (κ1) is 15.3. The predicted octanol–water partition coefficient (Wildman–Crippen LogP) is 3.95. The van der Waals surface area contributed by atoms with E-state index in [2.05, 4.69) is 42.2 Å². The molecule has 2 unspecified atom stereocenters. The average Bonchev–Trinajstić information content (AvgIpc) is 3.21. The molecule has 3 aromatic rings. The normalized spacial score (nSPS) is 21.5. The van der Waals surface area contributed by atoms with E-state index < -0.39 is 0 Å². The number of amides is 1. The van der Waals surface area contributed by atoms with Crippen LogP contribution in [-0.4, -0.2) is 35.7 Å². The van der Waals surface area contributed by atoms with Crippen LogP contribution in [-0.2, 0) is 11.2 Å². The first-order valence-electron chi connectivity index (χ1n) is 8.86. The van der Waals surface area contributed by atoms with E-state index >= 15 is 0 Å². The third kappa shape index (κ3) is 2.13. The largest absolute Gasteiger partial charge is 0.497 e. The Balaban J connectivity index is 1.74. The Morgan fingerprint density at radius 3 is 2.77 bits per heavy atom. The molecule has 2 aromatic carbocycles. The third-order valence-electron chi connectivity index (χ3n) is 5.53. The van der Waals surface area contributed by atoms with Gasteiger partial charge >= 0.3 is 6.09 Å². The SMILES string of the molecule is COc1ccc2[nH]c3c(c2c1)CC1COC(=O)N1C3c1ccc(C)cc1. The summed E-state index contributed by atoms with van der Waals surface area (Å²) in [6, 6.07) is 14.4. The second-order valence-corrected chi connectivity index (χ2v) is 7.08. The molecule has 1 N–H and O–H groups in total. The molecule has 2 aliphatic rings. The summed E-state index contributed by atoms with van der Waals surface area (Å²) in [5, 5.41) is 1.16. The number of methoxy groups -OCH3 is 1. The molecule has 1 amide bonds. The molecule has 5 nitrogen and oxygen atoms in total. The van der Waals surface area contributed by atoms with Gasteiger partial charge in [-0.15, -0.1) is 0 Å². The maximum Gasteiger partial charge on any atom is 0.411 e. The molecule has 26 heavy (non-hydrogen) atoms. The van der Waals surface area contributed by atoms with Crippen molar-refractivity contribution in [2.75, 3.05) is 13.7 Å². The van der Waals surface area contributed by atoms with Crippen LogP contribution >= 0.6 is 0 Å². The topological polar surface area (TPSA) is 54.6 Å². The number of benzene rings is 2. The highest BCUT2D eigenvalue weighted by Crippen LogP contribution is 2.43. The van der Waals surface area contributed by atoms with Crippen molar-refractivity contribution in [1.82, 2.24) is 9.88 Å². The van der Waals surface area contributed by atoms with Crippen molar-refractivity contribution >= 4 is 17.0 Å². The number of aryl methyl sites for hydroxylation is 1. The summed E-state index contributed by atoms with van der Waals surface area (Å²) in [5.41, 5.74) is 5.70. The van der Waals surface area contributed by atoms with Crippen molar-refractivity contribution in [3.8, 4) is 5.75 Å². The Labute approximate surface area is 151 Å². The van der Waals surface area contributed by atoms with Crippen LogP contribution in [0.5, 0.6) is 5.75 Å². The van der Waals surface area contributed by atoms with Crippen molar-refractivity contribution in [2.24, 2.45) is 0 Å². The summed E-state index contributed by atoms with van der Waals surface area (Å²) in [6.07, 6.45) is 0.554. The summed E-state index contributed by atoms with van der Waals surface area (Å²) < 4.78 is 10.8. The molecule has 1 aromatic heterocycles. The van der Waals surface area contributed by atoms with Crippen LogP contribution in [0.25, 0.3) is 10.9 Å². The molecule has 0 saturated carbocycles. The molecule has 1 saturated heterocycles. The van der Waals surface area contributed by atoms with E-state index in [4.69, 9.17) is 9.47 Å². The quantitative estimate of drug-likeness (QED) is 0.763. The molecule has 5 heteroatoms. The summed E-state index contributed by atoms with van der Waals surface area (Å²) in [4.78, 5) is 17.9. The van der Waals surface area contributed by atoms with Gasteiger partial charge in [0.2, 0.25) is 0 Å². The van der Waals surface area contributed by atoms with Gasteiger partial charge in [0.05, 0.1) is 13.2 Å². The monoisotopic (exact) mass is 348 g/mol. The second kappa shape index (κ2) is 5.53. The summed E-state index contributed by atoms with van der Waals surface area (Å²) in [6.45, 7) is 2.51. The van der Waals surface area contributed by atoms with E-state index in [9.17, 15) is 4.79 Å². The van der Waals surface area contributed by atoms with Crippen LogP contribution in [0.4, 0.5) is 4.79 Å². The third-order valence-corrected chi connectivity index (χ3v) is 5.53. The molecule has 0 bridgehead atoms. The van der Waals surface area contributed by atoms with Gasteiger partial charge in [0.15, 0.2) is 0 Å². The molecule has 0 spiro atoms. The number of carbonyl (C=O) groups is 1. The Hall–Kier alpha value is -2.95. The minimum Gasteiger partial charge on any atom is -0.497 e. The van der Waals surface area contributed by atoms with Gasteiger partial charge in [-0.2, -0.15) is 0 Å². The Kier molecular flexibility index (Phi) is 3.26. The number of H-pyrrole nitrogens is 1. The molecule has 3 heterocycles. The standard InChI is InChI=1S/C21H20N2O3/c1-12-3-5-13(6-4-12)20-19-17(9-14-11-26-21(24)23(14)20)16-10-15(25-2)7-8-18(16)22-19/h3-8,10,14,20,22H,9,11H2,1-2H3. The maximum absolute atomic E-state index is 12.5. The lowest BCUT2D eigenvalue weighted by Gasteiger charge is -2.35. The highest BCUT2D eigenvalue weighted by Gasteiger charge is 2.45. The number of rotatable bonds is 2. The number of fused-ring (bicyclic) bond motifs is 4. The van der Waals surface area contributed by atoms with Crippen LogP contribution < -0.4 is 4.74 Å². The van der Waals surface area contributed by atoms with Crippen molar-refractivity contribution in [3.63, 3.8) is 0 Å². The fraction of sp³-hybridized carbons (Fsp3) is 0.286. The molecule has 2 aliphatic heterocycles. The Bertz CT molecular complexity index is 1010. The lowest BCUT2D eigenvalue weighted by Crippen LogP contribution is -2.42. The van der Waals surface area contributed by atoms with E-state index in [0.29, 0.717) is 6.61 Å². The second-order valence-electron chi connectivity index (χ2n) is 7.08. The van der Waals surface area contributed by atoms with Gasteiger partial charge in [0.25, 0.3) is 0 Å². The van der Waals surface area contributed by atoms with Gasteiger partial charge in [-0.3, -0.25) is 4.90 Å². The summed E-state index contributed by atoms with van der Waals surface area (Å²) in [7, 11) is 1.68. The first-order chi connectivity index (χ1) is 12.7. The fourth-order valence-electron chi connectivity index (χ4n) is 4.22. The van der Waals surface area contributed by atoms with Crippen LogP contribution in [0.3, 0.4) is 0 Å². The average molecular weight is 348 g/mol. The lowest BCUT2D eigenvalue weighted by molar-refractivity contribution is 0.147. The summed E-state index contributed by atoms with van der Waals surface area (Å²) >= 11 is 0. The minimum absolute atomic E-state index is 0.0616. The van der Waals surface area contributed by atoms with Crippen LogP contribution in [0.1, 0.15) is 28.4 Å². The lowest BCUT2D eigenvalue weighted by atomic mass is 9.89. The highest BCUT2D eigenvalue weighted by molar-refractivity contribution is 5.87. The van der Waals surface area contributed by atoms with Crippen molar-refractivity contribution in [3.05, 3.63) is 64.8 Å². The molecule has 2 atom stereocenters. The molecule has 0 radical (unpaired) electrons. The van der Waals surface area contributed by atoms with Crippen LogP contribution in [0.2, 0.25) is 0 Å². The number of nitrogens with one attached hydrogen (secondary N) is 1. The first-order valence-corrected chi connectivity index (χ1v) is 8.86. The number of ether oxygens (including phenoxy) is 2. The zero-order chi connectivity index (χ0) is 17.8. The Morgan fingerprint density at radius 2 is 2.00 bits per heavy atom. The number of hydrogen-bond donors (Lipinski definition) is 1. The molecule has 1 fully saturated rings. The van der Waals surface area contributed by atoms with Crippen molar-refractivity contribution in [1.29, 1.82) is 0 Å². The zero-order valence-corrected chi connectivity index (χ0v) is 14.8. The van der Waals surface area contributed by atoms with Crippen LogP contribution in [0.15, 0.2) is 42.5 Å². The van der Waals surface area contributed by atoms with E-state index in [0.717, 1.165) is 34.3 Å². The van der Waals surface area contributed by atoms with Gasteiger partial charge in [-0.1, -0.05) is 29.8 Å². The molecule has 0 aliphatic carbocycles. The van der Waals surface area contributed by atoms with E-state index in [1.54, 1.807) is 7.11 Å². The van der Waals surface area contributed by atoms with Crippen molar-refractivity contribution < 1.29 is 14.3 Å². The van der Waals surface area contributed by atoms with Gasteiger partial charge in [0, 0.05) is 16.6 Å². The minimum atomic E-state index is -0.234. The van der Waals surface area contributed by atoms with Gasteiger partial charge in [-0.05, 0) is 42.7 Å². The number of hydrogen-bond acceptors (Lipinski definition) is 3. The number of nitrogens with zero attached hydrogens (tertiary/aromatic N) is 1. The van der Waals surface area contributed by atoms with Crippen LogP contribution in [0, 0.1) is 6.92 Å². The molecule has 5 rings (SSSR count). The van der Waals surface area contributed by atoms with E-state index in [-0.39, 0.29) is 18.2 Å². The van der Waals surface area contributed by atoms with E-state index in [1.807, 2.05) is 17.0 Å². The number of aromatic nitrogens is 1. The predicted molar refractivity (Wildman–Crippen MR) is 98.6 cm³/mol. The molecular formula is C21H20N2O3. The zero-order valence-electron chi connectivity index (χ0n) is 14.8. The number of carbonyl (C=O) groups excluding carboxylic acids is 1. The fourth-order valence-corrected chi connectivity index (χ4v) is 4.22. The van der Waals surface area contributed by atoms with Gasteiger partial charge in [-0.25, -0.2) is 4.79 Å². The Morgan fingerprint density at radius 1 is 1.19 bits per heavy atom. The molecular weight excluding hydrogens is 328 g/mol. The smallest absolute Gasteiger partial charge is 0.411 e. The van der Waals surface area contributed by atoms with E-state index in [1.165, 1.54) is 11.1 Å². The van der Waals surface area contributed by atoms with Gasteiger partial charge in [0.1, 0.15) is 18.4 Å². The molecule has 132 valence electrons. The summed E-state index contributed by atoms with van der Waals surface area (Å²) in [5.74, 6) is 0.840. The van der Waals surface area contributed by atoms with Crippen molar-refractivity contribution in [2.45, 2.75) is 25.4 Å². The highest BCUT2D eigenvalue weighted by atomic mass is 16.6. The maximum atomic E-state index is 12.5. The number of aromatic amines is 1. The number of cyclic esters (lactones) is 1. The van der Waals surface area contributed by atoms with Gasteiger partial charge < -0.3 is 14.5 Å².